The summed E-state index contributed by atoms with van der Waals surface area (Å²) in [6, 6.07) is 24.5. The molecule has 0 aliphatic carbocycles. The number of hydrogen-bond donors (Lipinski definition) is 0. The summed E-state index contributed by atoms with van der Waals surface area (Å²) in [5, 5.41) is 0. The Bertz CT molecular complexity index is 872. The number of ether oxygens (including phenoxy) is 1. The molecule has 0 spiro atoms. The third kappa shape index (κ3) is 6.61. The fraction of sp³-hybridized carbons (Fsp3) is 0.320. The summed E-state index contributed by atoms with van der Waals surface area (Å²) in [4.78, 5) is 14.8. The van der Waals surface area contributed by atoms with E-state index in [1.165, 1.54) is 5.56 Å². The molecule has 0 unspecified atom stereocenters. The van der Waals surface area contributed by atoms with E-state index in [1.807, 2.05) is 47.4 Å². The van der Waals surface area contributed by atoms with Gasteiger partial charge in [0.2, 0.25) is 5.91 Å². The first kappa shape index (κ1) is 20.9. The van der Waals surface area contributed by atoms with Gasteiger partial charge in [0.1, 0.15) is 6.61 Å². The highest BCUT2D eigenvalue weighted by Crippen LogP contribution is 2.13. The molecule has 0 aliphatic heterocycles. The van der Waals surface area contributed by atoms with Gasteiger partial charge in [-0.15, -0.1) is 0 Å². The van der Waals surface area contributed by atoms with E-state index in [0.717, 1.165) is 17.8 Å². The fourth-order valence-electron chi connectivity index (χ4n) is 3.34. The number of nitrogens with zero attached hydrogens (tertiary/aromatic N) is 2. The van der Waals surface area contributed by atoms with Gasteiger partial charge >= 0.3 is 0 Å². The lowest BCUT2D eigenvalue weighted by Gasteiger charge is -2.25. The average Bonchev–Trinajstić information content (AvgIpc) is 3.15. The van der Waals surface area contributed by atoms with Gasteiger partial charge in [0.15, 0.2) is 0 Å². The van der Waals surface area contributed by atoms with Gasteiger partial charge in [0.25, 0.3) is 0 Å². The summed E-state index contributed by atoms with van der Waals surface area (Å²) in [6.07, 6.45) is 2.08. The van der Waals surface area contributed by atoms with E-state index in [0.29, 0.717) is 25.6 Å². The third-order valence-corrected chi connectivity index (χ3v) is 4.75. The van der Waals surface area contributed by atoms with Crippen LogP contribution in [-0.2, 0) is 29.2 Å². The van der Waals surface area contributed by atoms with Crippen molar-refractivity contribution in [3.8, 4) is 0 Å². The summed E-state index contributed by atoms with van der Waals surface area (Å²) in [5.41, 5.74) is 3.45. The molecule has 3 aromatic rings. The van der Waals surface area contributed by atoms with Crippen molar-refractivity contribution in [2.45, 2.75) is 33.5 Å². The van der Waals surface area contributed by atoms with Crippen LogP contribution in [0.1, 0.15) is 30.7 Å². The van der Waals surface area contributed by atoms with E-state index in [1.54, 1.807) is 0 Å². The smallest absolute Gasteiger partial charge is 0.248 e. The standard InChI is InChI=1S/C25H30N2O2/c1-21(2)16-27(25(28)20-29-19-23-12-7-4-8-13-23)18-24-14-9-15-26(24)17-22-10-5-3-6-11-22/h3-15,21H,16-20H2,1-2H3. The number of carbonyl (C=O) groups is 1. The minimum atomic E-state index is 0.0297. The average molecular weight is 391 g/mol. The Morgan fingerprint density at radius 1 is 0.931 bits per heavy atom. The first-order valence-corrected chi connectivity index (χ1v) is 10.2. The van der Waals surface area contributed by atoms with E-state index in [4.69, 9.17) is 4.74 Å². The lowest BCUT2D eigenvalue weighted by Crippen LogP contribution is -2.37. The minimum absolute atomic E-state index is 0.0297. The van der Waals surface area contributed by atoms with Gasteiger partial charge in [-0.25, -0.2) is 0 Å². The zero-order valence-electron chi connectivity index (χ0n) is 17.3. The molecule has 4 nitrogen and oxygen atoms in total. The fourth-order valence-corrected chi connectivity index (χ4v) is 3.34. The first-order valence-electron chi connectivity index (χ1n) is 10.2. The molecular weight excluding hydrogens is 360 g/mol. The normalized spacial score (nSPS) is 11.0. The summed E-state index contributed by atoms with van der Waals surface area (Å²) in [7, 11) is 0. The van der Waals surface area contributed by atoms with Gasteiger partial charge in [-0.2, -0.15) is 0 Å². The molecule has 29 heavy (non-hydrogen) atoms. The van der Waals surface area contributed by atoms with Crippen LogP contribution in [-0.4, -0.2) is 28.5 Å². The number of aromatic nitrogens is 1. The van der Waals surface area contributed by atoms with Crippen LogP contribution in [0.2, 0.25) is 0 Å². The molecule has 0 saturated heterocycles. The molecule has 1 heterocycles. The van der Waals surface area contributed by atoms with Crippen molar-refractivity contribution < 1.29 is 9.53 Å². The van der Waals surface area contributed by atoms with Crippen LogP contribution in [0.5, 0.6) is 0 Å². The summed E-state index contributed by atoms with van der Waals surface area (Å²) >= 11 is 0. The highest BCUT2D eigenvalue weighted by atomic mass is 16.5. The second kappa shape index (κ2) is 10.6. The van der Waals surface area contributed by atoms with Crippen molar-refractivity contribution in [3.63, 3.8) is 0 Å². The summed E-state index contributed by atoms with van der Waals surface area (Å²) in [6.45, 7) is 6.92. The Morgan fingerprint density at radius 3 is 2.24 bits per heavy atom. The quantitative estimate of drug-likeness (QED) is 0.501. The molecule has 3 rings (SSSR count). The van der Waals surface area contributed by atoms with E-state index in [-0.39, 0.29) is 12.5 Å². The van der Waals surface area contributed by atoms with Crippen molar-refractivity contribution in [1.82, 2.24) is 9.47 Å². The van der Waals surface area contributed by atoms with Gasteiger partial charge in [0.05, 0.1) is 13.2 Å². The number of benzene rings is 2. The van der Waals surface area contributed by atoms with E-state index in [2.05, 4.69) is 54.9 Å². The second-order valence-corrected chi connectivity index (χ2v) is 7.76. The van der Waals surface area contributed by atoms with Gasteiger partial charge < -0.3 is 14.2 Å². The summed E-state index contributed by atoms with van der Waals surface area (Å²) < 4.78 is 7.90. The zero-order chi connectivity index (χ0) is 20.5. The predicted octanol–water partition coefficient (Wildman–Crippen LogP) is 4.74. The van der Waals surface area contributed by atoms with Crippen molar-refractivity contribution >= 4 is 5.91 Å². The largest absolute Gasteiger partial charge is 0.367 e. The maximum atomic E-state index is 12.9. The minimum Gasteiger partial charge on any atom is -0.367 e. The Balaban J connectivity index is 1.61. The van der Waals surface area contributed by atoms with Crippen LogP contribution in [0.25, 0.3) is 0 Å². The molecule has 2 aromatic carbocycles. The number of amides is 1. The zero-order valence-corrected chi connectivity index (χ0v) is 17.3. The lowest BCUT2D eigenvalue weighted by atomic mass is 10.2. The van der Waals surface area contributed by atoms with Gasteiger partial charge in [-0.3, -0.25) is 4.79 Å². The van der Waals surface area contributed by atoms with Gasteiger partial charge in [0, 0.05) is 25.0 Å². The highest BCUT2D eigenvalue weighted by Gasteiger charge is 2.17. The molecule has 0 atom stereocenters. The number of rotatable bonds is 10. The van der Waals surface area contributed by atoms with Crippen molar-refractivity contribution in [3.05, 3.63) is 95.8 Å². The van der Waals surface area contributed by atoms with Gasteiger partial charge in [-0.1, -0.05) is 74.5 Å². The molecule has 0 N–H and O–H groups in total. The molecule has 1 amide bonds. The third-order valence-electron chi connectivity index (χ3n) is 4.75. The van der Waals surface area contributed by atoms with Crippen LogP contribution in [0.3, 0.4) is 0 Å². The Labute approximate surface area is 173 Å². The number of carbonyl (C=O) groups excluding carboxylic acids is 1. The Hall–Kier alpha value is -2.85. The van der Waals surface area contributed by atoms with Crippen LogP contribution in [0.4, 0.5) is 0 Å². The Kier molecular flexibility index (Phi) is 7.65. The second-order valence-electron chi connectivity index (χ2n) is 7.76. The molecule has 0 radical (unpaired) electrons. The topological polar surface area (TPSA) is 34.5 Å². The molecular formula is C25H30N2O2. The van der Waals surface area contributed by atoms with Crippen molar-refractivity contribution in [1.29, 1.82) is 0 Å². The maximum Gasteiger partial charge on any atom is 0.248 e. The number of hydrogen-bond acceptors (Lipinski definition) is 2. The summed E-state index contributed by atoms with van der Waals surface area (Å²) in [5.74, 6) is 0.424. The van der Waals surface area contributed by atoms with Crippen LogP contribution >= 0.6 is 0 Å². The maximum absolute atomic E-state index is 12.9. The monoisotopic (exact) mass is 390 g/mol. The SMILES string of the molecule is CC(C)CN(Cc1cccn1Cc1ccccc1)C(=O)COCc1ccccc1. The molecule has 0 saturated carbocycles. The van der Waals surface area contributed by atoms with E-state index in [9.17, 15) is 4.79 Å². The van der Waals surface area contributed by atoms with Crippen molar-refractivity contribution in [2.24, 2.45) is 5.92 Å². The molecule has 4 heteroatoms. The predicted molar refractivity (Wildman–Crippen MR) is 116 cm³/mol. The van der Waals surface area contributed by atoms with E-state index < -0.39 is 0 Å². The molecule has 0 aliphatic rings. The van der Waals surface area contributed by atoms with Crippen LogP contribution < -0.4 is 0 Å². The first-order chi connectivity index (χ1) is 14.1. The van der Waals surface area contributed by atoms with Crippen molar-refractivity contribution in [2.75, 3.05) is 13.2 Å². The van der Waals surface area contributed by atoms with Gasteiger partial charge in [-0.05, 0) is 29.2 Å². The van der Waals surface area contributed by atoms with Crippen LogP contribution in [0, 0.1) is 5.92 Å². The Morgan fingerprint density at radius 2 is 1.59 bits per heavy atom. The highest BCUT2D eigenvalue weighted by molar-refractivity contribution is 5.77. The van der Waals surface area contributed by atoms with E-state index >= 15 is 0 Å². The molecule has 1 aromatic heterocycles. The molecule has 0 bridgehead atoms. The van der Waals surface area contributed by atoms with Crippen LogP contribution in [0.15, 0.2) is 79.0 Å². The molecule has 152 valence electrons. The lowest BCUT2D eigenvalue weighted by molar-refractivity contribution is -0.137. The molecule has 0 fully saturated rings.